The van der Waals surface area contributed by atoms with Crippen LogP contribution in [0.2, 0.25) is 0 Å². The van der Waals surface area contributed by atoms with Crippen LogP contribution >= 0.6 is 0 Å². The number of rotatable bonds is 4. The van der Waals surface area contributed by atoms with Crippen molar-refractivity contribution in [1.29, 1.82) is 0 Å². The van der Waals surface area contributed by atoms with E-state index in [1.165, 1.54) is 33.5 Å². The number of nitrogens with one attached hydrogen (secondary N) is 1. The summed E-state index contributed by atoms with van der Waals surface area (Å²) in [6.45, 7) is 9.20. The summed E-state index contributed by atoms with van der Waals surface area (Å²) in [5, 5.41) is 9.07. The summed E-state index contributed by atoms with van der Waals surface area (Å²) in [5.41, 5.74) is 1.53. The molecule has 0 aliphatic carbocycles. The van der Waals surface area contributed by atoms with Crippen molar-refractivity contribution in [2.24, 2.45) is 5.92 Å². The van der Waals surface area contributed by atoms with Gasteiger partial charge in [0.25, 0.3) is 0 Å². The van der Waals surface area contributed by atoms with Crippen LogP contribution in [0.4, 0.5) is 0 Å². The average Bonchev–Trinajstić information content (AvgIpc) is 2.68. The Hall–Kier alpha value is -1.90. The van der Waals surface area contributed by atoms with E-state index >= 15 is 0 Å². The van der Waals surface area contributed by atoms with Crippen molar-refractivity contribution >= 4 is 21.5 Å². The fourth-order valence-electron chi connectivity index (χ4n) is 4.38. The summed E-state index contributed by atoms with van der Waals surface area (Å²) < 4.78 is 0. The normalized spacial score (nSPS) is 18.5. The number of nitrogens with zero attached hydrogens (tertiary/aromatic N) is 1. The largest absolute Gasteiger partial charge is 0.314 e. The first kappa shape index (κ1) is 16.6. The number of piperazine rings is 1. The van der Waals surface area contributed by atoms with Crippen molar-refractivity contribution in [2.75, 3.05) is 26.2 Å². The number of hydrogen-bond donors (Lipinski definition) is 1. The summed E-state index contributed by atoms with van der Waals surface area (Å²) in [6, 6.07) is 20.7. The average molecular weight is 332 g/mol. The molecule has 2 nitrogen and oxygen atoms in total. The highest BCUT2D eigenvalue weighted by molar-refractivity contribution is 6.02. The van der Waals surface area contributed by atoms with E-state index < -0.39 is 0 Å². The predicted molar refractivity (Wildman–Crippen MR) is 108 cm³/mol. The van der Waals surface area contributed by atoms with Crippen molar-refractivity contribution in [3.05, 3.63) is 60.2 Å². The minimum atomic E-state index is 0.475. The topological polar surface area (TPSA) is 15.3 Å². The quantitative estimate of drug-likeness (QED) is 0.677. The molecule has 0 amide bonds. The van der Waals surface area contributed by atoms with Gasteiger partial charge in [0.05, 0.1) is 0 Å². The molecule has 1 fully saturated rings. The van der Waals surface area contributed by atoms with Gasteiger partial charge >= 0.3 is 0 Å². The maximum Gasteiger partial charge on any atom is 0.0386 e. The highest BCUT2D eigenvalue weighted by Crippen LogP contribution is 2.40. The van der Waals surface area contributed by atoms with Gasteiger partial charge in [-0.25, -0.2) is 0 Å². The van der Waals surface area contributed by atoms with Gasteiger partial charge in [-0.1, -0.05) is 68.8 Å². The van der Waals surface area contributed by atoms with Gasteiger partial charge in [-0.05, 0) is 39.1 Å². The van der Waals surface area contributed by atoms with Crippen LogP contribution in [0.25, 0.3) is 21.5 Å². The van der Waals surface area contributed by atoms with Crippen LogP contribution in [0.1, 0.15) is 31.9 Å². The molecule has 3 aromatic carbocycles. The van der Waals surface area contributed by atoms with Gasteiger partial charge in [-0.3, -0.25) is 4.90 Å². The molecule has 1 heterocycles. The molecule has 2 heteroatoms. The Morgan fingerprint density at radius 1 is 0.920 bits per heavy atom. The van der Waals surface area contributed by atoms with Crippen LogP contribution in [0, 0.1) is 5.92 Å². The lowest BCUT2D eigenvalue weighted by Gasteiger charge is -2.39. The van der Waals surface area contributed by atoms with E-state index in [2.05, 4.69) is 78.7 Å². The van der Waals surface area contributed by atoms with Crippen molar-refractivity contribution in [2.45, 2.75) is 26.3 Å². The molecule has 1 aliphatic heterocycles. The molecule has 0 aromatic heterocycles. The smallest absolute Gasteiger partial charge is 0.0386 e. The third kappa shape index (κ3) is 3.05. The molecular formula is C23H28N2. The molecule has 1 N–H and O–H groups in total. The van der Waals surface area contributed by atoms with Crippen LogP contribution in [0.3, 0.4) is 0 Å². The third-order valence-electron chi connectivity index (χ3n) is 5.84. The predicted octanol–water partition coefficient (Wildman–Crippen LogP) is 4.99. The Morgan fingerprint density at radius 2 is 1.48 bits per heavy atom. The lowest BCUT2D eigenvalue weighted by atomic mass is 9.84. The first-order valence-corrected chi connectivity index (χ1v) is 9.64. The van der Waals surface area contributed by atoms with Crippen molar-refractivity contribution in [3.8, 4) is 0 Å². The lowest BCUT2D eigenvalue weighted by molar-refractivity contribution is 0.130. The summed E-state index contributed by atoms with van der Waals surface area (Å²) in [4.78, 5) is 2.71. The van der Waals surface area contributed by atoms with Gasteiger partial charge < -0.3 is 5.32 Å². The Morgan fingerprint density at radius 3 is 2.04 bits per heavy atom. The molecule has 1 unspecified atom stereocenters. The van der Waals surface area contributed by atoms with E-state index in [1.54, 1.807) is 0 Å². The molecule has 2 atom stereocenters. The van der Waals surface area contributed by atoms with Crippen LogP contribution in [-0.4, -0.2) is 31.1 Å². The summed E-state index contributed by atoms with van der Waals surface area (Å²) >= 11 is 0. The van der Waals surface area contributed by atoms with Gasteiger partial charge in [0.2, 0.25) is 0 Å². The Balaban J connectivity index is 1.99. The van der Waals surface area contributed by atoms with Gasteiger partial charge in [0.1, 0.15) is 0 Å². The number of fused-ring (bicyclic) bond motifs is 2. The van der Waals surface area contributed by atoms with Crippen LogP contribution in [0.15, 0.2) is 54.6 Å². The molecule has 0 spiro atoms. The van der Waals surface area contributed by atoms with Crippen molar-refractivity contribution < 1.29 is 0 Å². The highest BCUT2D eigenvalue weighted by atomic mass is 15.2. The van der Waals surface area contributed by atoms with Crippen LogP contribution in [0.5, 0.6) is 0 Å². The van der Waals surface area contributed by atoms with E-state index in [0.717, 1.165) is 26.2 Å². The zero-order chi connectivity index (χ0) is 17.2. The van der Waals surface area contributed by atoms with Crippen molar-refractivity contribution in [1.82, 2.24) is 10.2 Å². The summed E-state index contributed by atoms with van der Waals surface area (Å²) in [5.74, 6) is 0.632. The lowest BCUT2D eigenvalue weighted by Crippen LogP contribution is -2.46. The van der Waals surface area contributed by atoms with E-state index in [9.17, 15) is 0 Å². The third-order valence-corrected chi connectivity index (χ3v) is 5.84. The monoisotopic (exact) mass is 332 g/mol. The van der Waals surface area contributed by atoms with Gasteiger partial charge in [-0.15, -0.1) is 0 Å². The fraction of sp³-hybridized carbons (Fsp3) is 0.391. The van der Waals surface area contributed by atoms with Gasteiger partial charge in [-0.2, -0.15) is 0 Å². The zero-order valence-electron chi connectivity index (χ0n) is 15.3. The van der Waals surface area contributed by atoms with E-state index in [-0.39, 0.29) is 0 Å². The second-order valence-corrected chi connectivity index (χ2v) is 7.35. The number of hydrogen-bond acceptors (Lipinski definition) is 2. The molecule has 1 saturated heterocycles. The second kappa shape index (κ2) is 7.15. The number of benzene rings is 3. The Kier molecular flexibility index (Phi) is 4.74. The molecular weight excluding hydrogens is 304 g/mol. The van der Waals surface area contributed by atoms with Crippen LogP contribution in [-0.2, 0) is 0 Å². The highest BCUT2D eigenvalue weighted by Gasteiger charge is 2.29. The van der Waals surface area contributed by atoms with Crippen molar-refractivity contribution in [3.63, 3.8) is 0 Å². The first-order valence-electron chi connectivity index (χ1n) is 9.64. The zero-order valence-corrected chi connectivity index (χ0v) is 15.3. The second-order valence-electron chi connectivity index (χ2n) is 7.35. The maximum absolute atomic E-state index is 3.51. The molecule has 0 saturated carbocycles. The first-order chi connectivity index (χ1) is 12.3. The minimum Gasteiger partial charge on any atom is -0.314 e. The SMILES string of the molecule is CCC(C)[C@@H](c1c2ccccc2cc2ccccc12)N1CCNCC1. The summed E-state index contributed by atoms with van der Waals surface area (Å²) in [6.07, 6.45) is 1.20. The minimum absolute atomic E-state index is 0.475. The Labute approximate surface area is 150 Å². The van der Waals surface area contributed by atoms with Crippen LogP contribution < -0.4 is 5.32 Å². The molecule has 25 heavy (non-hydrogen) atoms. The summed E-state index contributed by atoms with van der Waals surface area (Å²) in [7, 11) is 0. The molecule has 130 valence electrons. The molecule has 0 bridgehead atoms. The molecule has 1 aliphatic rings. The fourth-order valence-corrected chi connectivity index (χ4v) is 4.38. The molecule has 3 aromatic rings. The van der Waals surface area contributed by atoms with Gasteiger partial charge in [0, 0.05) is 32.2 Å². The molecule has 0 radical (unpaired) electrons. The van der Waals surface area contributed by atoms with E-state index in [0.29, 0.717) is 12.0 Å². The van der Waals surface area contributed by atoms with E-state index in [4.69, 9.17) is 0 Å². The Bertz CT molecular complexity index is 810. The molecule has 4 rings (SSSR count). The standard InChI is InChI=1S/C23H28N2/c1-3-17(2)23(25-14-12-24-13-15-25)22-20-10-6-4-8-18(20)16-19-9-5-7-11-21(19)22/h4-11,16-17,23-24H,3,12-15H2,1-2H3/t17?,23-/m0/s1. The maximum atomic E-state index is 3.51. The van der Waals surface area contributed by atoms with E-state index in [1.807, 2.05) is 0 Å². The van der Waals surface area contributed by atoms with Gasteiger partial charge in [0.15, 0.2) is 0 Å².